The molecule has 0 spiro atoms. The van der Waals surface area contributed by atoms with Crippen molar-refractivity contribution in [2.45, 2.75) is 62.6 Å². The summed E-state index contributed by atoms with van der Waals surface area (Å²) >= 11 is 0. The Labute approximate surface area is 124 Å². The van der Waals surface area contributed by atoms with Gasteiger partial charge in [-0.05, 0) is 38.8 Å². The van der Waals surface area contributed by atoms with E-state index in [1.165, 1.54) is 26.4 Å². The molecule has 0 aromatic heterocycles. The molecule has 0 aromatic carbocycles. The number of alkyl halides is 2. The number of piperidine rings is 1. The second-order valence-corrected chi connectivity index (χ2v) is 6.62. The van der Waals surface area contributed by atoms with Crippen LogP contribution in [0.25, 0.3) is 0 Å². The quantitative estimate of drug-likeness (QED) is 0.745. The van der Waals surface area contributed by atoms with Crippen LogP contribution in [0.3, 0.4) is 0 Å². The van der Waals surface area contributed by atoms with Gasteiger partial charge in [0.25, 0.3) is 5.92 Å². The molecule has 120 valence electrons. The third-order valence-corrected chi connectivity index (χ3v) is 5.34. The number of hydrogen-bond donors (Lipinski definition) is 0. The van der Waals surface area contributed by atoms with Crippen molar-refractivity contribution < 1.29 is 18.3 Å². The van der Waals surface area contributed by atoms with Gasteiger partial charge in [0.05, 0.1) is 13.7 Å². The predicted molar refractivity (Wildman–Crippen MR) is 74.3 cm³/mol. The maximum atomic E-state index is 13.7. The third kappa shape index (κ3) is 3.06. The first-order valence-corrected chi connectivity index (χ1v) is 7.95. The van der Waals surface area contributed by atoms with E-state index >= 15 is 0 Å². The van der Waals surface area contributed by atoms with Crippen molar-refractivity contribution in [2.75, 3.05) is 26.7 Å². The summed E-state index contributed by atoms with van der Waals surface area (Å²) in [6, 6.07) is 0.0198. The maximum Gasteiger partial charge on any atom is 0.323 e. The number of nitrogens with zero attached hydrogens (tertiary/aromatic N) is 2. The van der Waals surface area contributed by atoms with Gasteiger partial charge in [0.2, 0.25) is 0 Å². The van der Waals surface area contributed by atoms with E-state index in [4.69, 9.17) is 4.74 Å². The topological polar surface area (TPSA) is 32.8 Å². The van der Waals surface area contributed by atoms with Gasteiger partial charge in [0, 0.05) is 18.5 Å². The number of methoxy groups -OCH3 is 1. The van der Waals surface area contributed by atoms with Gasteiger partial charge in [-0.15, -0.1) is 0 Å². The van der Waals surface area contributed by atoms with Crippen LogP contribution in [-0.4, -0.2) is 66.6 Å². The lowest BCUT2D eigenvalue weighted by Gasteiger charge is -2.44. The highest BCUT2D eigenvalue weighted by Gasteiger charge is 2.51. The van der Waals surface area contributed by atoms with E-state index in [0.717, 1.165) is 25.9 Å². The molecule has 1 atom stereocenters. The molecular formula is C15H24F2N2O2. The predicted octanol–water partition coefficient (Wildman–Crippen LogP) is 1.89. The minimum atomic E-state index is -2.77. The van der Waals surface area contributed by atoms with Crippen LogP contribution in [0.4, 0.5) is 8.78 Å². The molecule has 0 aromatic rings. The van der Waals surface area contributed by atoms with Gasteiger partial charge in [-0.3, -0.25) is 9.69 Å². The Morgan fingerprint density at radius 2 is 1.81 bits per heavy atom. The Morgan fingerprint density at radius 1 is 1.14 bits per heavy atom. The van der Waals surface area contributed by atoms with Gasteiger partial charge in [-0.2, -0.15) is 0 Å². The lowest BCUT2D eigenvalue weighted by molar-refractivity contribution is -0.147. The van der Waals surface area contributed by atoms with Crippen molar-refractivity contribution in [3.8, 4) is 0 Å². The molecule has 4 nitrogen and oxygen atoms in total. The fourth-order valence-electron chi connectivity index (χ4n) is 3.91. The number of ether oxygens (including phenoxy) is 1. The molecule has 3 fully saturated rings. The fourth-order valence-corrected chi connectivity index (χ4v) is 3.91. The second-order valence-electron chi connectivity index (χ2n) is 6.62. The largest absolute Gasteiger partial charge is 0.468 e. The number of likely N-dealkylation sites (tertiary alicyclic amines) is 2. The first-order chi connectivity index (χ1) is 10.00. The lowest BCUT2D eigenvalue weighted by atomic mass is 9.89. The van der Waals surface area contributed by atoms with Crippen molar-refractivity contribution in [3.63, 3.8) is 0 Å². The zero-order chi connectivity index (χ0) is 15.0. The summed E-state index contributed by atoms with van der Waals surface area (Å²) < 4.78 is 32.1. The van der Waals surface area contributed by atoms with Gasteiger partial charge < -0.3 is 9.64 Å². The van der Waals surface area contributed by atoms with Crippen LogP contribution < -0.4 is 0 Å². The lowest BCUT2D eigenvalue weighted by Crippen LogP contribution is -2.52. The molecule has 2 aliphatic heterocycles. The van der Waals surface area contributed by atoms with Crippen LogP contribution >= 0.6 is 0 Å². The van der Waals surface area contributed by atoms with Crippen LogP contribution in [0.5, 0.6) is 0 Å². The van der Waals surface area contributed by atoms with Crippen molar-refractivity contribution in [1.29, 1.82) is 0 Å². The highest BCUT2D eigenvalue weighted by Crippen LogP contribution is 2.37. The normalized spacial score (nSPS) is 32.0. The molecule has 1 unspecified atom stereocenters. The smallest absolute Gasteiger partial charge is 0.323 e. The van der Waals surface area contributed by atoms with Gasteiger partial charge in [-0.1, -0.05) is 6.42 Å². The number of hydrogen-bond acceptors (Lipinski definition) is 4. The van der Waals surface area contributed by atoms with Crippen molar-refractivity contribution in [2.24, 2.45) is 0 Å². The average molecular weight is 302 g/mol. The second kappa shape index (κ2) is 5.80. The van der Waals surface area contributed by atoms with E-state index in [0.29, 0.717) is 6.04 Å². The zero-order valence-electron chi connectivity index (χ0n) is 12.6. The summed E-state index contributed by atoms with van der Waals surface area (Å²) in [5, 5.41) is 0. The number of rotatable bonds is 3. The monoisotopic (exact) mass is 302 g/mol. The molecule has 2 heterocycles. The van der Waals surface area contributed by atoms with Crippen LogP contribution in [0.15, 0.2) is 0 Å². The highest BCUT2D eigenvalue weighted by molar-refractivity contribution is 5.76. The standard InChI is InChI=1S/C15H24F2N2O2/c1-21-14(20)13-9-15(16,17)10-19(13)12-5-7-18(8-6-12)11-3-2-4-11/h11-13H,2-10H2,1H3. The summed E-state index contributed by atoms with van der Waals surface area (Å²) in [5.74, 6) is -3.29. The Morgan fingerprint density at radius 3 is 2.33 bits per heavy atom. The first kappa shape index (κ1) is 15.2. The highest BCUT2D eigenvalue weighted by atomic mass is 19.3. The first-order valence-electron chi connectivity index (χ1n) is 7.95. The molecule has 1 aliphatic carbocycles. The number of halogens is 2. The van der Waals surface area contributed by atoms with Crippen LogP contribution in [0, 0.1) is 0 Å². The molecule has 1 saturated carbocycles. The molecule has 0 N–H and O–H groups in total. The van der Waals surface area contributed by atoms with Crippen LogP contribution in [0.1, 0.15) is 38.5 Å². The fraction of sp³-hybridized carbons (Fsp3) is 0.933. The van der Waals surface area contributed by atoms with E-state index in [9.17, 15) is 13.6 Å². The van der Waals surface area contributed by atoms with Crippen molar-refractivity contribution in [3.05, 3.63) is 0 Å². The number of carbonyl (C=O) groups excluding carboxylic acids is 1. The van der Waals surface area contributed by atoms with E-state index in [2.05, 4.69) is 4.90 Å². The van der Waals surface area contributed by atoms with E-state index in [-0.39, 0.29) is 12.6 Å². The summed E-state index contributed by atoms with van der Waals surface area (Å²) in [5.41, 5.74) is 0. The molecule has 3 rings (SSSR count). The Bertz CT molecular complexity index is 393. The number of esters is 1. The summed E-state index contributed by atoms with van der Waals surface area (Å²) in [7, 11) is 1.27. The number of carbonyl (C=O) groups is 1. The molecule has 0 radical (unpaired) electrons. The SMILES string of the molecule is COC(=O)C1CC(F)(F)CN1C1CCN(C2CCC2)CC1. The van der Waals surface area contributed by atoms with E-state index in [1.807, 2.05) is 0 Å². The molecule has 21 heavy (non-hydrogen) atoms. The van der Waals surface area contributed by atoms with Gasteiger partial charge in [0.1, 0.15) is 6.04 Å². The van der Waals surface area contributed by atoms with Gasteiger partial charge >= 0.3 is 5.97 Å². The van der Waals surface area contributed by atoms with E-state index in [1.54, 1.807) is 4.90 Å². The zero-order valence-corrected chi connectivity index (χ0v) is 12.6. The summed E-state index contributed by atoms with van der Waals surface area (Å²) in [4.78, 5) is 16.0. The van der Waals surface area contributed by atoms with Gasteiger partial charge in [-0.25, -0.2) is 8.78 Å². The minimum absolute atomic E-state index is 0.0822. The van der Waals surface area contributed by atoms with Crippen molar-refractivity contribution in [1.82, 2.24) is 9.80 Å². The minimum Gasteiger partial charge on any atom is -0.468 e. The molecule has 3 aliphatic rings. The summed E-state index contributed by atoms with van der Waals surface area (Å²) in [6.07, 6.45) is 5.21. The van der Waals surface area contributed by atoms with Crippen molar-refractivity contribution >= 4 is 5.97 Å². The maximum absolute atomic E-state index is 13.7. The Kier molecular flexibility index (Phi) is 4.19. The Hall–Kier alpha value is -0.750. The van der Waals surface area contributed by atoms with Crippen LogP contribution in [0.2, 0.25) is 0 Å². The molecule has 0 amide bonds. The molecule has 6 heteroatoms. The molecular weight excluding hydrogens is 278 g/mol. The van der Waals surface area contributed by atoms with E-state index < -0.39 is 24.4 Å². The van der Waals surface area contributed by atoms with Gasteiger partial charge in [0.15, 0.2) is 0 Å². The summed E-state index contributed by atoms with van der Waals surface area (Å²) in [6.45, 7) is 1.62. The van der Waals surface area contributed by atoms with Crippen LogP contribution in [-0.2, 0) is 9.53 Å². The average Bonchev–Trinajstić information content (AvgIpc) is 2.73. The molecule has 2 saturated heterocycles. The Balaban J connectivity index is 1.61. The third-order valence-electron chi connectivity index (χ3n) is 5.34. The molecule has 0 bridgehead atoms.